The predicted molar refractivity (Wildman–Crippen MR) is 181 cm³/mol. The van der Waals surface area contributed by atoms with Gasteiger partial charge >= 0.3 is 12.1 Å². The number of carbonyl (C=O) groups excluding carboxylic acids is 3. The summed E-state index contributed by atoms with van der Waals surface area (Å²) in [5.41, 5.74) is 0.392. The number of fused-ring (bicyclic) bond motifs is 1. The van der Waals surface area contributed by atoms with Crippen molar-refractivity contribution in [3.63, 3.8) is 0 Å². The van der Waals surface area contributed by atoms with E-state index in [9.17, 15) is 14.4 Å². The number of likely N-dealkylation sites (N-methyl/N-ethyl adjacent to an activating group) is 1. The lowest BCUT2D eigenvalue weighted by Crippen LogP contribution is -2.61. The molecule has 2 amide bonds. The highest BCUT2D eigenvalue weighted by atomic mass is 28.4. The monoisotopic (exact) mass is 683 g/mol. The van der Waals surface area contributed by atoms with Crippen LogP contribution in [-0.2, 0) is 34.8 Å². The molecule has 1 aliphatic heterocycles. The minimum absolute atomic E-state index is 0.000444. The molecule has 1 fully saturated rings. The molecule has 262 valence electrons. The zero-order valence-electron chi connectivity index (χ0n) is 29.6. The van der Waals surface area contributed by atoms with Crippen molar-refractivity contribution >= 4 is 37.3 Å². The number of likely N-dealkylation sites (tertiary alicyclic amines) is 1. The summed E-state index contributed by atoms with van der Waals surface area (Å²) in [6, 6.07) is 14.0. The van der Waals surface area contributed by atoms with Gasteiger partial charge < -0.3 is 28.4 Å². The number of nitrogens with zero attached hydrogens (tertiary/aromatic N) is 5. The van der Waals surface area contributed by atoms with E-state index in [2.05, 4.69) is 44.2 Å². The second-order valence-corrected chi connectivity index (χ2v) is 19.0. The molecule has 0 saturated carbocycles. The van der Waals surface area contributed by atoms with Crippen molar-refractivity contribution in [3.8, 4) is 0 Å². The first-order chi connectivity index (χ1) is 22.5. The van der Waals surface area contributed by atoms with Crippen molar-refractivity contribution in [1.29, 1.82) is 0 Å². The molecule has 1 aromatic heterocycles. The van der Waals surface area contributed by atoms with E-state index in [4.69, 9.17) is 23.5 Å². The van der Waals surface area contributed by atoms with Crippen LogP contribution in [0, 0.1) is 5.92 Å². The van der Waals surface area contributed by atoms with Crippen LogP contribution in [0.1, 0.15) is 47.1 Å². The van der Waals surface area contributed by atoms with Crippen molar-refractivity contribution in [1.82, 2.24) is 25.0 Å². The van der Waals surface area contributed by atoms with Crippen LogP contribution >= 0.6 is 0 Å². The standard InChI is InChI=1S/C34H49N5O8Si/c1-23(2)28(37(7)32(42)44-21-24-16-12-11-13-17-24)30(40)38-20-27(47-48(9,10)33(3,4)5)34(6,45-22-43-8)29(38)31(41)46-39-26-19-15-14-18-25(26)35-36-39/h11-19,23,27-29H,20-22H2,1-10H3/t27-,28+,29-,34-/m1/s1. The summed E-state index contributed by atoms with van der Waals surface area (Å²) in [6.07, 6.45) is -1.42. The molecular weight excluding hydrogens is 634 g/mol. The number of para-hydroxylation sites is 1. The van der Waals surface area contributed by atoms with E-state index in [1.54, 1.807) is 31.2 Å². The highest BCUT2D eigenvalue weighted by molar-refractivity contribution is 6.74. The number of aromatic nitrogens is 3. The fraction of sp³-hybridized carbons (Fsp3) is 0.559. The molecule has 0 radical (unpaired) electrons. The molecule has 14 heteroatoms. The quantitative estimate of drug-likeness (QED) is 0.151. The lowest BCUT2D eigenvalue weighted by molar-refractivity contribution is -0.185. The summed E-state index contributed by atoms with van der Waals surface area (Å²) in [5, 5.41) is 7.92. The van der Waals surface area contributed by atoms with Crippen molar-refractivity contribution in [3.05, 3.63) is 60.2 Å². The van der Waals surface area contributed by atoms with E-state index in [-0.39, 0.29) is 30.9 Å². The number of rotatable bonds is 12. The molecule has 13 nitrogen and oxygen atoms in total. The Hall–Kier alpha value is -3.85. The smallest absolute Gasteiger partial charge is 0.410 e. The summed E-state index contributed by atoms with van der Waals surface area (Å²) in [6.45, 7) is 15.8. The van der Waals surface area contributed by atoms with Crippen LogP contribution in [0.15, 0.2) is 54.6 Å². The summed E-state index contributed by atoms with van der Waals surface area (Å²) in [7, 11) is 0.515. The Kier molecular flexibility index (Phi) is 11.3. The van der Waals surface area contributed by atoms with Crippen molar-refractivity contribution in [2.45, 2.75) is 90.1 Å². The molecule has 2 aromatic carbocycles. The average Bonchev–Trinajstić information content (AvgIpc) is 3.56. The maximum absolute atomic E-state index is 14.7. The fourth-order valence-corrected chi connectivity index (χ4v) is 7.00. The third-order valence-electron chi connectivity index (χ3n) is 9.39. The molecule has 0 unspecified atom stereocenters. The van der Waals surface area contributed by atoms with Gasteiger partial charge in [0.05, 0.1) is 6.10 Å². The zero-order chi connectivity index (χ0) is 35.4. The average molecular weight is 684 g/mol. The zero-order valence-corrected chi connectivity index (χ0v) is 30.6. The van der Waals surface area contributed by atoms with Crippen LogP contribution < -0.4 is 4.84 Å². The Morgan fingerprint density at radius 2 is 1.71 bits per heavy atom. The molecule has 0 N–H and O–H groups in total. The number of hydrogen-bond donors (Lipinski definition) is 0. The first-order valence-electron chi connectivity index (χ1n) is 16.1. The molecule has 0 bridgehead atoms. The van der Waals surface area contributed by atoms with E-state index in [0.29, 0.717) is 11.0 Å². The van der Waals surface area contributed by atoms with Crippen molar-refractivity contribution in [2.24, 2.45) is 5.92 Å². The van der Waals surface area contributed by atoms with E-state index >= 15 is 0 Å². The molecule has 4 rings (SSSR count). The lowest BCUT2D eigenvalue weighted by Gasteiger charge is -2.42. The Balaban J connectivity index is 1.73. The minimum Gasteiger partial charge on any atom is -0.445 e. The van der Waals surface area contributed by atoms with Gasteiger partial charge in [-0.25, -0.2) is 9.59 Å². The molecule has 0 aliphatic carbocycles. The van der Waals surface area contributed by atoms with E-state index in [0.717, 1.165) is 10.4 Å². The number of ether oxygens (including phenoxy) is 3. The number of amides is 2. The van der Waals surface area contributed by atoms with Gasteiger partial charge in [-0.3, -0.25) is 9.69 Å². The molecule has 0 spiro atoms. The van der Waals surface area contributed by atoms with Gasteiger partial charge in [-0.1, -0.05) is 81.9 Å². The number of carbonyl (C=O) groups is 3. The van der Waals surface area contributed by atoms with Crippen LogP contribution in [0.25, 0.3) is 11.0 Å². The topological polar surface area (TPSA) is 135 Å². The van der Waals surface area contributed by atoms with Crippen LogP contribution in [0.2, 0.25) is 18.1 Å². The van der Waals surface area contributed by atoms with Crippen molar-refractivity contribution in [2.75, 3.05) is 27.5 Å². The molecule has 2 heterocycles. The molecule has 3 aromatic rings. The highest BCUT2D eigenvalue weighted by Gasteiger charge is 2.62. The third-order valence-corrected chi connectivity index (χ3v) is 13.9. The Labute approximate surface area is 283 Å². The fourth-order valence-electron chi connectivity index (χ4n) is 5.63. The maximum atomic E-state index is 14.7. The van der Waals surface area contributed by atoms with Crippen LogP contribution in [-0.4, -0.2) is 103 Å². The molecular formula is C34H49N5O8Si. The summed E-state index contributed by atoms with van der Waals surface area (Å²) in [4.78, 5) is 51.9. The van der Waals surface area contributed by atoms with Crippen LogP contribution in [0.5, 0.6) is 0 Å². The van der Waals surface area contributed by atoms with Gasteiger partial charge in [-0.05, 0) is 53.9 Å². The van der Waals surface area contributed by atoms with E-state index < -0.39 is 50.1 Å². The molecule has 1 saturated heterocycles. The third kappa shape index (κ3) is 7.72. The summed E-state index contributed by atoms with van der Waals surface area (Å²) >= 11 is 0. The maximum Gasteiger partial charge on any atom is 0.410 e. The van der Waals surface area contributed by atoms with Gasteiger partial charge in [0.25, 0.3) is 0 Å². The Bertz CT molecular complexity index is 1580. The van der Waals surface area contributed by atoms with Gasteiger partial charge in [0.1, 0.15) is 36.1 Å². The highest BCUT2D eigenvalue weighted by Crippen LogP contribution is 2.43. The van der Waals surface area contributed by atoms with Gasteiger partial charge in [0.2, 0.25) is 5.91 Å². The van der Waals surface area contributed by atoms with E-state index in [1.165, 1.54) is 24.0 Å². The van der Waals surface area contributed by atoms with Gasteiger partial charge in [-0.15, -0.1) is 5.10 Å². The number of methoxy groups -OCH3 is 1. The molecule has 48 heavy (non-hydrogen) atoms. The number of hydrogen-bond acceptors (Lipinski definition) is 10. The van der Waals surface area contributed by atoms with Crippen molar-refractivity contribution < 1.29 is 37.9 Å². The SMILES string of the molecule is COCO[C@]1(C)[C@H](O[Si](C)(C)C(C)(C)C)CN(C(=O)[C@H](C(C)C)N(C)C(=O)OCc2ccccc2)[C@@H]1C(=O)On1nnc2ccccc21. The predicted octanol–water partition coefficient (Wildman–Crippen LogP) is 4.66. The Morgan fingerprint density at radius 1 is 1.06 bits per heavy atom. The first kappa shape index (κ1) is 37.0. The minimum atomic E-state index is -2.48. The lowest BCUT2D eigenvalue weighted by atomic mass is 9.93. The Morgan fingerprint density at radius 3 is 2.33 bits per heavy atom. The van der Waals surface area contributed by atoms with Gasteiger partial charge in [0.15, 0.2) is 14.4 Å². The van der Waals surface area contributed by atoms with Crippen LogP contribution in [0.4, 0.5) is 4.79 Å². The first-order valence-corrected chi connectivity index (χ1v) is 19.0. The van der Waals surface area contributed by atoms with Crippen LogP contribution in [0.3, 0.4) is 0 Å². The second-order valence-electron chi connectivity index (χ2n) is 14.2. The van der Waals surface area contributed by atoms with E-state index in [1.807, 2.05) is 44.2 Å². The second kappa shape index (κ2) is 14.7. The molecule has 4 atom stereocenters. The van der Waals surface area contributed by atoms with Gasteiger partial charge in [-0.2, -0.15) is 0 Å². The summed E-state index contributed by atoms with van der Waals surface area (Å²) < 4.78 is 24.1. The normalized spacial score (nSPS) is 20.6. The number of benzene rings is 2. The summed E-state index contributed by atoms with van der Waals surface area (Å²) in [5.74, 6) is -1.65. The molecule has 1 aliphatic rings. The van der Waals surface area contributed by atoms with Gasteiger partial charge in [0, 0.05) is 20.7 Å². The largest absolute Gasteiger partial charge is 0.445 e.